The second-order valence-corrected chi connectivity index (χ2v) is 18.8. The van der Waals surface area contributed by atoms with E-state index in [-0.39, 0.29) is 24.8 Å². The Balaban J connectivity index is 1.30. The minimum atomic E-state index is -0.207. The molecule has 0 fully saturated rings. The van der Waals surface area contributed by atoms with Crippen LogP contribution in [0.1, 0.15) is 72.2 Å². The van der Waals surface area contributed by atoms with Gasteiger partial charge in [0.15, 0.2) is 0 Å². The van der Waals surface area contributed by atoms with Gasteiger partial charge in [0.05, 0.1) is 11.4 Å². The normalized spacial score (nSPS) is 16.5. The lowest BCUT2D eigenvalue weighted by Gasteiger charge is -2.33. The summed E-state index contributed by atoms with van der Waals surface area (Å²) in [6.07, 6.45) is 0. The second kappa shape index (κ2) is 11.9. The molecule has 0 radical (unpaired) electrons. The molecule has 1 aromatic heterocycles. The molecule has 0 amide bonds. The van der Waals surface area contributed by atoms with Crippen molar-refractivity contribution in [3.05, 3.63) is 178 Å². The number of para-hydroxylation sites is 2. The summed E-state index contributed by atoms with van der Waals surface area (Å²) in [6, 6.07) is 51.0. The quantitative estimate of drug-likeness (QED) is 0.163. The number of benzene rings is 6. The summed E-state index contributed by atoms with van der Waals surface area (Å²) in [6.45, 7) is 18.4. The molecule has 7 heteroatoms. The first-order chi connectivity index (χ1) is 27.4. The number of hydrogen-bond acceptors (Lipinski definition) is 5. The third-order valence-electron chi connectivity index (χ3n) is 13.2. The van der Waals surface area contributed by atoms with Crippen LogP contribution in [0.2, 0.25) is 0 Å². The molecule has 0 unspecified atom stereocenters. The minimum Gasteiger partial charge on any atom is -0.357 e. The van der Waals surface area contributed by atoms with Crippen LogP contribution in [0.15, 0.2) is 133 Å². The van der Waals surface area contributed by atoms with E-state index in [2.05, 4.69) is 208 Å². The third kappa shape index (κ3) is 4.69. The Morgan fingerprint density at radius 1 is 0.404 bits per heavy atom. The molecule has 4 aliphatic rings. The molecule has 7 aromatic rings. The van der Waals surface area contributed by atoms with E-state index in [4.69, 9.17) is 0 Å². The Morgan fingerprint density at radius 2 is 0.737 bits per heavy atom. The van der Waals surface area contributed by atoms with Crippen LogP contribution in [0.3, 0.4) is 0 Å². The largest absolute Gasteiger partial charge is 0.421 e. The maximum Gasteiger partial charge on any atom is 0.421 e. The van der Waals surface area contributed by atoms with Crippen LogP contribution in [0, 0.1) is 27.7 Å². The average molecular weight is 757 g/mol. The molecular weight excluding hydrogens is 710 g/mol. The smallest absolute Gasteiger partial charge is 0.357 e. The fourth-order valence-electron chi connectivity index (χ4n) is 10.9. The minimum absolute atomic E-state index is 0.0862. The molecule has 0 saturated heterocycles. The van der Waals surface area contributed by atoms with Crippen LogP contribution in [0.25, 0.3) is 0 Å². The van der Waals surface area contributed by atoms with Gasteiger partial charge in [-0.15, -0.1) is 0 Å². The van der Waals surface area contributed by atoms with Gasteiger partial charge in [-0.2, -0.15) is 0 Å². The molecule has 278 valence electrons. The lowest BCUT2D eigenvalue weighted by molar-refractivity contribution is 0.648. The Bertz CT molecular complexity index is 2590. The van der Waals surface area contributed by atoms with Crippen molar-refractivity contribution in [2.45, 2.75) is 66.2 Å². The molecular formula is C50H46B2N4S. The molecule has 4 aliphatic heterocycles. The lowest BCUT2D eigenvalue weighted by Crippen LogP contribution is -2.54. The zero-order chi connectivity index (χ0) is 39.1. The number of thiophene rings is 1. The van der Waals surface area contributed by atoms with Crippen LogP contribution in [-0.4, -0.2) is 14.0 Å². The second-order valence-electron chi connectivity index (χ2n) is 17.8. The lowest BCUT2D eigenvalue weighted by atomic mass is 9.60. The van der Waals surface area contributed by atoms with Crippen LogP contribution >= 0.6 is 11.3 Å². The Hall–Kier alpha value is -5.65. The van der Waals surface area contributed by atoms with Gasteiger partial charge >= 0.3 is 14.0 Å². The van der Waals surface area contributed by atoms with E-state index in [1.165, 1.54) is 99.6 Å². The standard InChI is InChI=1S/C50H46B2N4S/c1-31-25-32(2)28-35(27-31)53-45-46-48(57-47(45)55-43-23-15-11-19-39(43)49(5,6)37-17-9-13-21-41(37)51(53)55)56-44-24-16-12-20-40(44)50(7,8)38-18-10-14-22-42(38)52(56)54(46)36-29-33(3)26-34(4)30-36/h9-30H,1-8H3. The predicted octanol–water partition coefficient (Wildman–Crippen LogP) is 11.6. The molecule has 5 heterocycles. The van der Waals surface area contributed by atoms with Gasteiger partial charge in [-0.3, -0.25) is 0 Å². The van der Waals surface area contributed by atoms with E-state index in [9.17, 15) is 0 Å². The number of rotatable bonds is 2. The zero-order valence-electron chi connectivity index (χ0n) is 34.1. The highest BCUT2D eigenvalue weighted by Gasteiger charge is 2.58. The van der Waals surface area contributed by atoms with Gasteiger partial charge in [0, 0.05) is 33.6 Å². The summed E-state index contributed by atoms with van der Waals surface area (Å²) in [7, 11) is 0. The van der Waals surface area contributed by atoms with Crippen molar-refractivity contribution in [3.8, 4) is 0 Å². The van der Waals surface area contributed by atoms with Crippen molar-refractivity contribution in [1.29, 1.82) is 0 Å². The first-order valence-corrected chi connectivity index (χ1v) is 21.1. The SMILES string of the molecule is Cc1cc(C)cc(N2B3c4ccccc4C(C)(C)c4ccccc4N3c3sc4c(c32)N(c2cc(C)cc(C)c2)B2c3ccccc3C(C)(C)c3ccccc3N24)c1. The number of anilines is 8. The summed E-state index contributed by atoms with van der Waals surface area (Å²) in [5, 5.41) is 2.57. The van der Waals surface area contributed by atoms with E-state index >= 15 is 0 Å². The average Bonchev–Trinajstić information content (AvgIpc) is 3.79. The first-order valence-electron chi connectivity index (χ1n) is 20.3. The fraction of sp³-hybridized carbons (Fsp3) is 0.200. The van der Waals surface area contributed by atoms with Crippen molar-refractivity contribution in [2.75, 3.05) is 19.2 Å². The predicted molar refractivity (Wildman–Crippen MR) is 246 cm³/mol. The highest BCUT2D eigenvalue weighted by atomic mass is 32.1. The fourth-order valence-corrected chi connectivity index (χ4v) is 12.3. The Kier molecular flexibility index (Phi) is 7.24. The number of nitrogens with zero attached hydrogens (tertiary/aromatic N) is 4. The topological polar surface area (TPSA) is 13.0 Å². The highest BCUT2D eigenvalue weighted by Crippen LogP contribution is 2.67. The van der Waals surface area contributed by atoms with Gasteiger partial charge in [0.2, 0.25) is 0 Å². The van der Waals surface area contributed by atoms with Crippen molar-refractivity contribution in [2.24, 2.45) is 0 Å². The molecule has 0 aliphatic carbocycles. The van der Waals surface area contributed by atoms with Gasteiger partial charge in [0.25, 0.3) is 0 Å². The van der Waals surface area contributed by atoms with E-state index < -0.39 is 0 Å². The Morgan fingerprint density at radius 3 is 1.12 bits per heavy atom. The van der Waals surface area contributed by atoms with Crippen LogP contribution in [-0.2, 0) is 10.8 Å². The Labute approximate surface area is 342 Å². The van der Waals surface area contributed by atoms with E-state index in [1.807, 2.05) is 11.3 Å². The zero-order valence-corrected chi connectivity index (χ0v) is 34.9. The summed E-state index contributed by atoms with van der Waals surface area (Å²) < 4.78 is 0. The summed E-state index contributed by atoms with van der Waals surface area (Å²) >= 11 is 1.96. The highest BCUT2D eigenvalue weighted by molar-refractivity contribution is 7.25. The third-order valence-corrected chi connectivity index (χ3v) is 14.4. The number of aryl methyl sites for hydroxylation is 4. The van der Waals surface area contributed by atoms with Crippen LogP contribution in [0.4, 0.5) is 44.1 Å². The molecule has 57 heavy (non-hydrogen) atoms. The summed E-state index contributed by atoms with van der Waals surface area (Å²) in [4.78, 5) is 10.8. The molecule has 6 aromatic carbocycles. The summed E-state index contributed by atoms with van der Waals surface area (Å²) in [5.74, 6) is 0. The number of hydrogen-bond donors (Lipinski definition) is 0. The molecule has 11 rings (SSSR count). The number of fused-ring (bicyclic) bond motifs is 15. The van der Waals surface area contributed by atoms with E-state index in [0.29, 0.717) is 0 Å². The van der Waals surface area contributed by atoms with Gasteiger partial charge in [-0.1, -0.05) is 136 Å². The van der Waals surface area contributed by atoms with Gasteiger partial charge < -0.3 is 19.2 Å². The first kappa shape index (κ1) is 34.6. The summed E-state index contributed by atoms with van der Waals surface area (Å²) in [5.41, 5.74) is 20.3. The van der Waals surface area contributed by atoms with Crippen LogP contribution < -0.4 is 30.2 Å². The molecule has 0 atom stereocenters. The molecule has 0 saturated carbocycles. The van der Waals surface area contributed by atoms with E-state index in [0.717, 1.165) is 0 Å². The van der Waals surface area contributed by atoms with Gasteiger partial charge in [0.1, 0.15) is 10.0 Å². The molecule has 0 spiro atoms. The molecule has 4 nitrogen and oxygen atoms in total. The maximum atomic E-state index is 2.70. The van der Waals surface area contributed by atoms with Gasteiger partial charge in [-0.25, -0.2) is 0 Å². The van der Waals surface area contributed by atoms with Gasteiger partial charge in [-0.05, 0) is 120 Å². The molecule has 0 N–H and O–H groups in total. The van der Waals surface area contributed by atoms with Crippen molar-refractivity contribution < 1.29 is 0 Å². The monoisotopic (exact) mass is 756 g/mol. The molecule has 0 bridgehead atoms. The van der Waals surface area contributed by atoms with E-state index in [1.54, 1.807) is 0 Å². The van der Waals surface area contributed by atoms with Crippen molar-refractivity contribution in [1.82, 2.24) is 0 Å². The maximum absolute atomic E-state index is 2.70. The van der Waals surface area contributed by atoms with Crippen LogP contribution in [0.5, 0.6) is 0 Å². The van der Waals surface area contributed by atoms with Crippen molar-refractivity contribution >= 4 is 80.4 Å². The van der Waals surface area contributed by atoms with Crippen molar-refractivity contribution in [3.63, 3.8) is 0 Å².